The Labute approximate surface area is 194 Å². The second-order valence-electron chi connectivity index (χ2n) is 8.01. The number of aryl methyl sites for hydroxylation is 2. The summed E-state index contributed by atoms with van der Waals surface area (Å²) in [5.74, 6) is -0.627. The van der Waals surface area contributed by atoms with Crippen LogP contribution in [0.2, 0.25) is 0 Å². The average molecular weight is 447 g/mol. The number of carbonyl (C=O) groups is 2. The highest BCUT2D eigenvalue weighted by atomic mass is 16.5. The Bertz CT molecular complexity index is 1130. The Morgan fingerprint density at radius 3 is 2.15 bits per heavy atom. The van der Waals surface area contributed by atoms with Crippen molar-refractivity contribution in [3.8, 4) is 16.9 Å². The molecular formula is C27H30N2O4. The molecule has 0 aliphatic heterocycles. The van der Waals surface area contributed by atoms with E-state index < -0.39 is 12.0 Å². The number of carboxylic acid groups (broad SMARTS) is 1. The molecule has 0 saturated carbocycles. The lowest BCUT2D eigenvalue weighted by molar-refractivity contribution is -0.138. The number of nitrogens with one attached hydrogen (secondary N) is 1. The number of carbonyl (C=O) groups excluding carboxylic acids is 1. The van der Waals surface area contributed by atoms with Crippen molar-refractivity contribution >= 4 is 23.3 Å². The number of methoxy groups -OCH3 is 1. The minimum absolute atomic E-state index is 0.378. The molecule has 0 aromatic heterocycles. The summed E-state index contributed by atoms with van der Waals surface area (Å²) in [6, 6.07) is 19.2. The zero-order valence-corrected chi connectivity index (χ0v) is 19.7. The van der Waals surface area contributed by atoms with Crippen molar-refractivity contribution in [1.82, 2.24) is 5.32 Å². The van der Waals surface area contributed by atoms with Crippen molar-refractivity contribution in [2.24, 2.45) is 0 Å². The number of benzene rings is 3. The number of amides is 1. The molecule has 3 aromatic rings. The highest BCUT2D eigenvalue weighted by molar-refractivity contribution is 5.99. The fraction of sp³-hybridized carbons (Fsp3) is 0.259. The van der Waals surface area contributed by atoms with E-state index >= 15 is 0 Å². The van der Waals surface area contributed by atoms with Crippen LogP contribution in [-0.2, 0) is 4.79 Å². The zero-order chi connectivity index (χ0) is 24.1. The van der Waals surface area contributed by atoms with E-state index in [2.05, 4.69) is 29.3 Å². The fourth-order valence-corrected chi connectivity index (χ4v) is 3.95. The lowest BCUT2D eigenvalue weighted by Gasteiger charge is -2.24. The molecule has 3 aromatic carbocycles. The maximum atomic E-state index is 12.6. The number of carboxylic acids is 1. The third-order valence-corrected chi connectivity index (χ3v) is 5.67. The fourth-order valence-electron chi connectivity index (χ4n) is 3.95. The Balaban J connectivity index is 1.93. The number of nitrogens with zero attached hydrogens (tertiary/aromatic N) is 1. The number of anilines is 2. The first-order valence-electron chi connectivity index (χ1n) is 10.9. The summed E-state index contributed by atoms with van der Waals surface area (Å²) in [6.45, 7) is 8.10. The second-order valence-corrected chi connectivity index (χ2v) is 8.01. The minimum Gasteiger partial charge on any atom is -0.497 e. The molecule has 1 unspecified atom stereocenters. The van der Waals surface area contributed by atoms with Gasteiger partial charge in [-0.25, -0.2) is 0 Å². The van der Waals surface area contributed by atoms with Crippen molar-refractivity contribution in [3.63, 3.8) is 0 Å². The summed E-state index contributed by atoms with van der Waals surface area (Å²) < 4.78 is 5.27. The van der Waals surface area contributed by atoms with Crippen LogP contribution in [0.15, 0.2) is 60.7 Å². The summed E-state index contributed by atoms with van der Waals surface area (Å²) >= 11 is 0. The summed E-state index contributed by atoms with van der Waals surface area (Å²) in [5.41, 5.74) is 6.28. The normalized spacial score (nSPS) is 11.5. The molecule has 0 saturated heterocycles. The van der Waals surface area contributed by atoms with Gasteiger partial charge >= 0.3 is 5.97 Å². The molecule has 0 fully saturated rings. The van der Waals surface area contributed by atoms with Gasteiger partial charge < -0.3 is 20.1 Å². The molecule has 172 valence electrons. The molecule has 6 nitrogen and oxygen atoms in total. The Kier molecular flexibility index (Phi) is 7.38. The third kappa shape index (κ3) is 5.34. The predicted octanol–water partition coefficient (Wildman–Crippen LogP) is 5.34. The summed E-state index contributed by atoms with van der Waals surface area (Å²) in [4.78, 5) is 26.0. The third-order valence-electron chi connectivity index (χ3n) is 5.67. The molecule has 0 spiro atoms. The first kappa shape index (κ1) is 23.9. The van der Waals surface area contributed by atoms with Gasteiger partial charge in [0.2, 0.25) is 0 Å². The van der Waals surface area contributed by atoms with Gasteiger partial charge in [-0.1, -0.05) is 24.3 Å². The van der Waals surface area contributed by atoms with E-state index in [1.54, 1.807) is 7.11 Å². The average Bonchev–Trinajstić information content (AvgIpc) is 2.79. The Hall–Kier alpha value is -3.80. The van der Waals surface area contributed by atoms with Gasteiger partial charge in [0, 0.05) is 23.5 Å². The number of hydrogen-bond donors (Lipinski definition) is 2. The van der Waals surface area contributed by atoms with E-state index in [4.69, 9.17) is 9.84 Å². The molecule has 0 heterocycles. The zero-order valence-electron chi connectivity index (χ0n) is 19.7. The molecule has 3 rings (SSSR count). The largest absolute Gasteiger partial charge is 0.497 e. The number of rotatable bonds is 8. The van der Waals surface area contributed by atoms with E-state index in [1.165, 1.54) is 6.92 Å². The summed E-state index contributed by atoms with van der Waals surface area (Å²) in [7, 11) is 1.65. The van der Waals surface area contributed by atoms with Gasteiger partial charge in [-0.2, -0.15) is 0 Å². The van der Waals surface area contributed by atoms with E-state index in [-0.39, 0.29) is 5.91 Å². The van der Waals surface area contributed by atoms with Crippen LogP contribution in [0.25, 0.3) is 11.1 Å². The van der Waals surface area contributed by atoms with Crippen LogP contribution in [0, 0.1) is 13.8 Å². The topological polar surface area (TPSA) is 78.9 Å². The summed E-state index contributed by atoms with van der Waals surface area (Å²) in [5, 5.41) is 11.6. The van der Waals surface area contributed by atoms with E-state index in [9.17, 15) is 9.59 Å². The van der Waals surface area contributed by atoms with Crippen LogP contribution >= 0.6 is 0 Å². The molecule has 0 aliphatic carbocycles. The van der Waals surface area contributed by atoms with E-state index in [0.29, 0.717) is 5.56 Å². The van der Waals surface area contributed by atoms with Gasteiger partial charge in [-0.15, -0.1) is 0 Å². The SMILES string of the molecule is CCN(c1ccc(OC)cc1)c1cccc(-c2cc(C)c(C(=O)NC(C)C(=O)O)c(C)c2)c1. The molecule has 0 aliphatic rings. The van der Waals surface area contributed by atoms with Gasteiger partial charge in [0.25, 0.3) is 5.91 Å². The van der Waals surface area contributed by atoms with E-state index in [1.807, 2.05) is 62.4 Å². The van der Waals surface area contributed by atoms with Crippen LogP contribution < -0.4 is 15.0 Å². The lowest BCUT2D eigenvalue weighted by Crippen LogP contribution is -2.38. The van der Waals surface area contributed by atoms with Crippen LogP contribution in [0.5, 0.6) is 5.75 Å². The lowest BCUT2D eigenvalue weighted by atomic mass is 9.94. The maximum absolute atomic E-state index is 12.6. The van der Waals surface area contributed by atoms with Crippen molar-refractivity contribution < 1.29 is 19.4 Å². The number of ether oxygens (including phenoxy) is 1. The number of aliphatic carboxylic acids is 1. The van der Waals surface area contributed by atoms with Crippen LogP contribution in [0.1, 0.15) is 35.3 Å². The molecule has 33 heavy (non-hydrogen) atoms. The van der Waals surface area contributed by atoms with Gasteiger partial charge in [-0.3, -0.25) is 9.59 Å². The highest BCUT2D eigenvalue weighted by Gasteiger charge is 2.19. The van der Waals surface area contributed by atoms with Crippen LogP contribution in [-0.4, -0.2) is 36.7 Å². The predicted molar refractivity (Wildman–Crippen MR) is 132 cm³/mol. The molecule has 0 radical (unpaired) electrons. The van der Waals surface area contributed by atoms with Gasteiger partial charge in [0.15, 0.2) is 0 Å². The Morgan fingerprint density at radius 1 is 0.970 bits per heavy atom. The second kappa shape index (κ2) is 10.2. The quantitative estimate of drug-likeness (QED) is 0.488. The monoisotopic (exact) mass is 446 g/mol. The highest BCUT2D eigenvalue weighted by Crippen LogP contribution is 2.32. The molecular weight excluding hydrogens is 416 g/mol. The van der Waals surface area contributed by atoms with Gasteiger partial charge in [-0.05, 0) is 86.3 Å². The van der Waals surface area contributed by atoms with Crippen molar-refractivity contribution in [3.05, 3.63) is 77.4 Å². The number of hydrogen-bond acceptors (Lipinski definition) is 4. The molecule has 1 atom stereocenters. The molecule has 2 N–H and O–H groups in total. The van der Waals surface area contributed by atoms with E-state index in [0.717, 1.165) is 45.9 Å². The van der Waals surface area contributed by atoms with Crippen molar-refractivity contribution in [1.29, 1.82) is 0 Å². The minimum atomic E-state index is -1.07. The first-order chi connectivity index (χ1) is 15.7. The van der Waals surface area contributed by atoms with Gasteiger partial charge in [0.05, 0.1) is 7.11 Å². The van der Waals surface area contributed by atoms with Crippen molar-refractivity contribution in [2.45, 2.75) is 33.7 Å². The smallest absolute Gasteiger partial charge is 0.325 e. The Morgan fingerprint density at radius 2 is 1.61 bits per heavy atom. The maximum Gasteiger partial charge on any atom is 0.325 e. The summed E-state index contributed by atoms with van der Waals surface area (Å²) in [6.07, 6.45) is 0. The molecule has 1 amide bonds. The van der Waals surface area contributed by atoms with Crippen molar-refractivity contribution in [2.75, 3.05) is 18.6 Å². The standard InChI is InChI=1S/C27H30N2O4/c1-6-29(22-10-12-24(33-5)13-11-22)23-9-7-8-20(16-23)21-14-17(2)25(18(3)15-21)26(30)28-19(4)27(31)32/h7-16,19H,6H2,1-5H3,(H,28,30)(H,31,32). The van der Waals surface area contributed by atoms with Crippen LogP contribution in [0.3, 0.4) is 0 Å². The van der Waals surface area contributed by atoms with Gasteiger partial charge in [0.1, 0.15) is 11.8 Å². The molecule has 6 heteroatoms. The van der Waals surface area contributed by atoms with Crippen LogP contribution in [0.4, 0.5) is 11.4 Å². The molecule has 0 bridgehead atoms. The first-order valence-corrected chi connectivity index (χ1v) is 10.9.